The van der Waals surface area contributed by atoms with E-state index >= 15 is 0 Å². The van der Waals surface area contributed by atoms with Gasteiger partial charge in [0.1, 0.15) is 0 Å². The zero-order valence-electron chi connectivity index (χ0n) is 7.94. The van der Waals surface area contributed by atoms with E-state index in [4.69, 9.17) is 14.6 Å². The molecular weight excluding hydrogens is 179 g/mol. The first kappa shape index (κ1) is 22.5. The summed E-state index contributed by atoms with van der Waals surface area (Å²) in [6.07, 6.45) is 0. The summed E-state index contributed by atoms with van der Waals surface area (Å²) in [4.78, 5) is 16.2. The van der Waals surface area contributed by atoms with Crippen molar-refractivity contribution in [2.45, 2.75) is 0 Å². The molecule has 5 nitrogen and oxygen atoms in total. The Labute approximate surface area is 107 Å². The van der Waals surface area contributed by atoms with E-state index in [0.717, 1.165) is 0 Å². The molecule has 0 heterocycles. The minimum absolute atomic E-state index is 0. The molecule has 0 rings (SSSR count). The number of carboxylic acid groups (broad SMARTS) is 1. The average molecular weight is 187 g/mol. The van der Waals surface area contributed by atoms with Crippen LogP contribution in [0.1, 0.15) is 2.85 Å². The molecule has 0 aromatic heterocycles. The van der Waals surface area contributed by atoms with Crippen molar-refractivity contribution in [1.29, 1.82) is 0 Å². The van der Waals surface area contributed by atoms with Crippen LogP contribution in [0, 0.1) is 0 Å². The molecule has 0 radical (unpaired) electrons. The Bertz CT molecular complexity index is 89.5. The van der Waals surface area contributed by atoms with Crippen LogP contribution in [0.25, 0.3) is 0 Å². The van der Waals surface area contributed by atoms with Crippen molar-refractivity contribution in [3.05, 3.63) is 0 Å². The van der Waals surface area contributed by atoms with E-state index in [1.165, 1.54) is 0 Å². The molecule has 0 aromatic carbocycles. The van der Waals surface area contributed by atoms with Crippen LogP contribution in [0.3, 0.4) is 0 Å². The summed E-state index contributed by atoms with van der Waals surface area (Å²) in [6, 6.07) is 0. The maximum atomic E-state index is 9.24. The Kier molecular flexibility index (Phi) is 50.6. The van der Waals surface area contributed by atoms with Gasteiger partial charge < -0.3 is 18.6 Å². The van der Waals surface area contributed by atoms with Gasteiger partial charge in [0.25, 0.3) is 0 Å². The van der Waals surface area contributed by atoms with Gasteiger partial charge in [0.2, 0.25) is 0 Å². The minimum atomic E-state index is -0.968. The predicted octanol–water partition coefficient (Wildman–Crippen LogP) is -6.55. The normalized spacial score (nSPS) is 5.80. The van der Waals surface area contributed by atoms with Gasteiger partial charge >= 0.3 is 73.8 Å². The number of hydrogen-bond acceptors (Lipinski definition) is 3. The fourth-order valence-electron chi connectivity index (χ4n) is 0. The molecule has 52 valence electrons. The van der Waals surface area contributed by atoms with Crippen LogP contribution < -0.4 is 64.8 Å². The third kappa shape index (κ3) is 56.2. The molecule has 8 heteroatoms. The summed E-state index contributed by atoms with van der Waals surface area (Å²) >= 11 is 0. The quantitative estimate of drug-likeness (QED) is 0.280. The molecule has 0 saturated carbocycles. The Balaban J connectivity index is -0.0000000119. The molecule has 0 spiro atoms. The van der Waals surface area contributed by atoms with Gasteiger partial charge in [-0.25, -0.2) is 4.57 Å². The zero-order chi connectivity index (χ0) is 6.99. The predicted molar refractivity (Wildman–Crippen MR) is 28.7 cm³/mol. The standard InChI is InChI=1S/C2H5NO2.2Na.HO2P.2H/c3-1-2(4)5;;;1-3-2;;/h1,3H2,(H,4,5);;;(H,1,2);;/q;2*+1;;2*-1. The topological polar surface area (TPSA) is 101 Å². The summed E-state index contributed by atoms with van der Waals surface area (Å²) in [6.45, 7) is -0.278. The number of hydrogen-bond donors (Lipinski definition) is 3. The second-order valence-corrected chi connectivity index (χ2v) is 0.843. The fourth-order valence-corrected chi connectivity index (χ4v) is 0. The van der Waals surface area contributed by atoms with Crippen molar-refractivity contribution in [2.24, 2.45) is 5.73 Å². The molecule has 4 N–H and O–H groups in total. The number of nitrogens with two attached hydrogens (primary N) is 1. The van der Waals surface area contributed by atoms with Crippen molar-refractivity contribution < 1.29 is 81.3 Å². The molecule has 0 fully saturated rings. The molecule has 0 aromatic rings. The van der Waals surface area contributed by atoms with Crippen LogP contribution in [0.4, 0.5) is 0 Å². The Hall–Kier alpha value is 1.49. The molecule has 0 atom stereocenters. The molecule has 0 saturated heterocycles. The molecule has 0 bridgehead atoms. The van der Waals surface area contributed by atoms with E-state index < -0.39 is 14.7 Å². The van der Waals surface area contributed by atoms with Gasteiger partial charge in [-0.3, -0.25) is 4.79 Å². The van der Waals surface area contributed by atoms with Gasteiger partial charge in [0.15, 0.2) is 0 Å². The number of carboxylic acids is 1. The molecule has 0 amide bonds. The molecule has 0 aliphatic heterocycles. The minimum Gasteiger partial charge on any atom is -1.00 e. The van der Waals surface area contributed by atoms with Gasteiger partial charge in [-0.15, -0.1) is 0 Å². The maximum Gasteiger partial charge on any atom is 1.00 e. The van der Waals surface area contributed by atoms with Crippen molar-refractivity contribution in [3.63, 3.8) is 0 Å². The van der Waals surface area contributed by atoms with E-state index in [1.807, 2.05) is 0 Å². The van der Waals surface area contributed by atoms with Crippen LogP contribution in [0.5, 0.6) is 0 Å². The Morgan fingerprint density at radius 3 is 1.70 bits per heavy atom. The first-order valence-electron chi connectivity index (χ1n) is 1.57. The van der Waals surface area contributed by atoms with Gasteiger partial charge in [-0.1, -0.05) is 0 Å². The number of carbonyl (C=O) groups is 1. The van der Waals surface area contributed by atoms with Gasteiger partial charge in [-0.05, 0) is 0 Å². The van der Waals surface area contributed by atoms with Crippen molar-refractivity contribution in [1.82, 2.24) is 0 Å². The SMILES string of the molecule is NCC(=O)O.O=PO.[H-].[H-].[Na+].[Na+]. The second-order valence-electron chi connectivity index (χ2n) is 0.680. The van der Waals surface area contributed by atoms with E-state index in [-0.39, 0.29) is 68.5 Å². The Morgan fingerprint density at radius 1 is 1.60 bits per heavy atom. The largest absolute Gasteiger partial charge is 1.00 e. The smallest absolute Gasteiger partial charge is 1.00 e. The molecule has 10 heavy (non-hydrogen) atoms. The molecule has 0 unspecified atom stereocenters. The van der Waals surface area contributed by atoms with Crippen LogP contribution in [0.2, 0.25) is 0 Å². The summed E-state index contributed by atoms with van der Waals surface area (Å²) in [5.41, 5.74) is 4.57. The van der Waals surface area contributed by atoms with Crippen molar-refractivity contribution in [2.75, 3.05) is 6.54 Å². The Morgan fingerprint density at radius 2 is 1.70 bits per heavy atom. The first-order valence-corrected chi connectivity index (χ1v) is 2.34. The third-order valence-electron chi connectivity index (χ3n) is 0.175. The maximum absolute atomic E-state index is 9.24. The van der Waals surface area contributed by atoms with Gasteiger partial charge in [0, 0.05) is 0 Å². The van der Waals surface area contributed by atoms with Crippen molar-refractivity contribution >= 4 is 14.7 Å². The van der Waals surface area contributed by atoms with Crippen LogP contribution in [-0.4, -0.2) is 22.5 Å². The molecule has 0 aliphatic rings. The van der Waals surface area contributed by atoms with E-state index in [9.17, 15) is 4.79 Å². The average Bonchev–Trinajstić information content (AvgIpc) is 1.69. The monoisotopic (exact) mass is 187 g/mol. The molecule has 0 aliphatic carbocycles. The van der Waals surface area contributed by atoms with Gasteiger partial charge in [0.05, 0.1) is 6.54 Å². The first-order chi connectivity index (χ1) is 3.68. The molecular formula is C2H8NNa2O4P. The van der Waals surface area contributed by atoms with Crippen LogP contribution in [0.15, 0.2) is 0 Å². The van der Waals surface area contributed by atoms with Gasteiger partial charge in [-0.2, -0.15) is 0 Å². The summed E-state index contributed by atoms with van der Waals surface area (Å²) in [7, 11) is -0.833. The summed E-state index contributed by atoms with van der Waals surface area (Å²) < 4.78 is 8.46. The van der Waals surface area contributed by atoms with E-state index in [0.29, 0.717) is 0 Å². The number of aliphatic carboxylic acids is 1. The van der Waals surface area contributed by atoms with E-state index in [1.54, 1.807) is 0 Å². The van der Waals surface area contributed by atoms with Crippen molar-refractivity contribution in [3.8, 4) is 0 Å². The van der Waals surface area contributed by atoms with E-state index in [2.05, 4.69) is 5.73 Å². The summed E-state index contributed by atoms with van der Waals surface area (Å²) in [5, 5.41) is 7.60. The number of rotatable bonds is 1. The zero-order valence-corrected chi connectivity index (χ0v) is 10.8. The summed E-state index contributed by atoms with van der Waals surface area (Å²) in [5.74, 6) is -0.968. The van der Waals surface area contributed by atoms with Crippen LogP contribution >= 0.6 is 8.69 Å². The fraction of sp³-hybridized carbons (Fsp3) is 0.500. The third-order valence-corrected chi connectivity index (χ3v) is 0.175. The second kappa shape index (κ2) is 22.4. The van der Waals surface area contributed by atoms with Crippen LogP contribution in [-0.2, 0) is 9.36 Å².